The van der Waals surface area contributed by atoms with Crippen LogP contribution >= 0.6 is 0 Å². The van der Waals surface area contributed by atoms with Gasteiger partial charge < -0.3 is 0 Å². The SMILES string of the molecule is C1=NN=C(c2cc(C3=NN=C(c4ccccc4)C3)cc(C3=NN=C(c4ccccc4)C3)c2)C1. The number of hydrogen-bond acceptors (Lipinski definition) is 6. The number of nitrogens with zero attached hydrogens (tertiary/aromatic N) is 6. The van der Waals surface area contributed by atoms with Gasteiger partial charge in [-0.15, -0.1) is 0 Å². The van der Waals surface area contributed by atoms with Gasteiger partial charge in [0.2, 0.25) is 0 Å². The lowest BCUT2D eigenvalue weighted by Gasteiger charge is -2.10. The average Bonchev–Trinajstić information content (AvgIpc) is 3.67. The molecule has 6 nitrogen and oxygen atoms in total. The van der Waals surface area contributed by atoms with Crippen LogP contribution in [-0.4, -0.2) is 34.8 Å². The standard InChI is InChI=1S/C27H20N6/c1-3-7-18(8-4-1)24-16-26(32-30-24)21-13-20(23-11-12-28-29-23)14-22(15-21)27-17-25(31-33-27)19-9-5-2-6-10-19/h1-10,12-15H,11,16-17H2. The first kappa shape index (κ1) is 19.4. The molecule has 0 radical (unpaired) electrons. The van der Waals surface area contributed by atoms with Gasteiger partial charge in [0.25, 0.3) is 0 Å². The maximum atomic E-state index is 4.53. The molecule has 6 heteroatoms. The highest BCUT2D eigenvalue weighted by Gasteiger charge is 2.22. The zero-order valence-corrected chi connectivity index (χ0v) is 17.9. The third-order valence-corrected chi connectivity index (χ3v) is 5.94. The summed E-state index contributed by atoms with van der Waals surface area (Å²) in [5.41, 5.74) is 10.1. The van der Waals surface area contributed by atoms with E-state index in [1.807, 2.05) is 42.6 Å². The molecule has 3 aliphatic heterocycles. The summed E-state index contributed by atoms with van der Waals surface area (Å²) in [5, 5.41) is 26.4. The topological polar surface area (TPSA) is 74.2 Å². The molecule has 3 heterocycles. The third kappa shape index (κ3) is 3.87. The fourth-order valence-electron chi connectivity index (χ4n) is 4.18. The Morgan fingerprint density at radius 1 is 0.424 bits per heavy atom. The van der Waals surface area contributed by atoms with Crippen LogP contribution in [0.1, 0.15) is 47.1 Å². The van der Waals surface area contributed by atoms with E-state index in [9.17, 15) is 0 Å². The summed E-state index contributed by atoms with van der Waals surface area (Å²) >= 11 is 0. The van der Waals surface area contributed by atoms with Crippen LogP contribution < -0.4 is 0 Å². The quantitative estimate of drug-likeness (QED) is 0.545. The summed E-state index contributed by atoms with van der Waals surface area (Å²) < 4.78 is 0. The van der Waals surface area contributed by atoms with Crippen LogP contribution in [0.15, 0.2) is 109 Å². The van der Waals surface area contributed by atoms with Crippen LogP contribution in [0.2, 0.25) is 0 Å². The molecule has 0 aromatic heterocycles. The normalized spacial score (nSPS) is 16.9. The largest absolute Gasteiger partial charge is 0.163 e. The van der Waals surface area contributed by atoms with Crippen molar-refractivity contribution in [2.24, 2.45) is 30.6 Å². The molecular weight excluding hydrogens is 408 g/mol. The van der Waals surface area contributed by atoms with Crippen LogP contribution in [0.25, 0.3) is 0 Å². The Hall–Kier alpha value is -4.32. The van der Waals surface area contributed by atoms with Crippen LogP contribution in [0.4, 0.5) is 0 Å². The minimum absolute atomic E-state index is 0.689. The highest BCUT2D eigenvalue weighted by atomic mass is 15.2. The van der Waals surface area contributed by atoms with E-state index >= 15 is 0 Å². The predicted molar refractivity (Wildman–Crippen MR) is 134 cm³/mol. The van der Waals surface area contributed by atoms with Crippen molar-refractivity contribution in [2.75, 3.05) is 0 Å². The minimum atomic E-state index is 0.689. The summed E-state index contributed by atoms with van der Waals surface area (Å²) in [6.07, 6.45) is 3.93. The lowest BCUT2D eigenvalue weighted by Crippen LogP contribution is -2.11. The van der Waals surface area contributed by atoms with Gasteiger partial charge in [-0.05, 0) is 46.0 Å². The Morgan fingerprint density at radius 3 is 1.27 bits per heavy atom. The Labute approximate surface area is 191 Å². The molecule has 0 unspecified atom stereocenters. The smallest absolute Gasteiger partial charge is 0.0763 e. The van der Waals surface area contributed by atoms with Crippen molar-refractivity contribution in [2.45, 2.75) is 19.3 Å². The molecule has 0 fully saturated rings. The van der Waals surface area contributed by atoms with Gasteiger partial charge in [-0.3, -0.25) is 0 Å². The van der Waals surface area contributed by atoms with E-state index in [1.54, 1.807) is 0 Å². The molecule has 6 rings (SSSR count). The van der Waals surface area contributed by atoms with Crippen molar-refractivity contribution < 1.29 is 0 Å². The average molecular weight is 428 g/mol. The predicted octanol–water partition coefficient (Wildman–Crippen LogP) is 5.06. The molecule has 158 valence electrons. The van der Waals surface area contributed by atoms with E-state index < -0.39 is 0 Å². The van der Waals surface area contributed by atoms with Crippen LogP contribution in [0.3, 0.4) is 0 Å². The minimum Gasteiger partial charge on any atom is -0.163 e. The van der Waals surface area contributed by atoms with Crippen molar-refractivity contribution >= 4 is 34.8 Å². The van der Waals surface area contributed by atoms with Crippen LogP contribution in [0.5, 0.6) is 0 Å². The first-order chi connectivity index (χ1) is 16.3. The fourth-order valence-corrected chi connectivity index (χ4v) is 4.18. The summed E-state index contributed by atoms with van der Waals surface area (Å²) in [5.74, 6) is 0. The van der Waals surface area contributed by atoms with Crippen molar-refractivity contribution in [3.8, 4) is 0 Å². The molecular formula is C27H20N6. The van der Waals surface area contributed by atoms with Gasteiger partial charge in [0.1, 0.15) is 0 Å². The molecule has 3 aliphatic rings. The summed E-state index contributed by atoms with van der Waals surface area (Å²) in [6.45, 7) is 0. The molecule has 0 atom stereocenters. The maximum Gasteiger partial charge on any atom is 0.0763 e. The highest BCUT2D eigenvalue weighted by molar-refractivity contribution is 6.24. The fraction of sp³-hybridized carbons (Fsp3) is 0.111. The third-order valence-electron chi connectivity index (χ3n) is 5.94. The van der Waals surface area contributed by atoms with Gasteiger partial charge in [-0.25, -0.2) is 0 Å². The molecule has 0 aliphatic carbocycles. The van der Waals surface area contributed by atoms with Gasteiger partial charge >= 0.3 is 0 Å². The van der Waals surface area contributed by atoms with Gasteiger partial charge in [-0.2, -0.15) is 30.6 Å². The molecule has 0 N–H and O–H groups in total. The first-order valence-electron chi connectivity index (χ1n) is 11.0. The monoisotopic (exact) mass is 428 g/mol. The lowest BCUT2D eigenvalue weighted by atomic mass is 9.92. The molecule has 0 bridgehead atoms. The van der Waals surface area contributed by atoms with E-state index in [1.165, 1.54) is 0 Å². The summed E-state index contributed by atoms with van der Waals surface area (Å²) in [7, 11) is 0. The molecule has 0 spiro atoms. The molecule has 3 aromatic carbocycles. The Morgan fingerprint density at radius 2 is 0.848 bits per heavy atom. The molecule has 33 heavy (non-hydrogen) atoms. The van der Waals surface area contributed by atoms with Gasteiger partial charge in [-0.1, -0.05) is 60.7 Å². The Kier molecular flexibility index (Phi) is 4.88. The molecule has 0 saturated heterocycles. The van der Waals surface area contributed by atoms with E-state index in [2.05, 4.69) is 73.1 Å². The molecule has 0 saturated carbocycles. The zero-order chi connectivity index (χ0) is 22.0. The number of benzene rings is 3. The van der Waals surface area contributed by atoms with Gasteiger partial charge in [0.15, 0.2) is 0 Å². The summed E-state index contributed by atoms with van der Waals surface area (Å²) in [4.78, 5) is 0. The number of rotatable bonds is 5. The maximum absolute atomic E-state index is 4.53. The van der Waals surface area contributed by atoms with E-state index in [-0.39, 0.29) is 0 Å². The van der Waals surface area contributed by atoms with Gasteiger partial charge in [0, 0.05) is 25.5 Å². The molecule has 3 aromatic rings. The van der Waals surface area contributed by atoms with Crippen molar-refractivity contribution in [1.29, 1.82) is 0 Å². The highest BCUT2D eigenvalue weighted by Crippen LogP contribution is 2.24. The van der Waals surface area contributed by atoms with E-state index in [4.69, 9.17) is 0 Å². The van der Waals surface area contributed by atoms with Crippen LogP contribution in [-0.2, 0) is 0 Å². The second-order valence-corrected chi connectivity index (χ2v) is 8.12. The zero-order valence-electron chi connectivity index (χ0n) is 17.9. The Balaban J connectivity index is 1.31. The van der Waals surface area contributed by atoms with Crippen molar-refractivity contribution in [3.05, 3.63) is 107 Å². The van der Waals surface area contributed by atoms with Crippen molar-refractivity contribution in [1.82, 2.24) is 0 Å². The first-order valence-corrected chi connectivity index (χ1v) is 11.0. The number of hydrogen-bond donors (Lipinski definition) is 0. The van der Waals surface area contributed by atoms with Crippen LogP contribution in [0, 0.1) is 0 Å². The van der Waals surface area contributed by atoms with Crippen molar-refractivity contribution in [3.63, 3.8) is 0 Å². The second-order valence-electron chi connectivity index (χ2n) is 8.12. The van der Waals surface area contributed by atoms with E-state index in [0.717, 1.165) is 62.8 Å². The second kappa shape index (κ2) is 8.31. The van der Waals surface area contributed by atoms with Gasteiger partial charge in [0.05, 0.1) is 28.6 Å². The molecule has 0 amide bonds. The lowest BCUT2D eigenvalue weighted by molar-refractivity contribution is 1.26. The van der Waals surface area contributed by atoms with E-state index in [0.29, 0.717) is 12.8 Å². The Bertz CT molecular complexity index is 1320. The summed E-state index contributed by atoms with van der Waals surface area (Å²) in [6, 6.07) is 26.8.